The van der Waals surface area contributed by atoms with Crippen LogP contribution in [-0.4, -0.2) is 28.0 Å². The zero-order valence-corrected chi connectivity index (χ0v) is 17.0. The van der Waals surface area contributed by atoms with Crippen LogP contribution >= 0.6 is 12.4 Å². The smallest absolute Gasteiger partial charge is 0.328 e. The lowest BCUT2D eigenvalue weighted by Gasteiger charge is -2.06. The summed E-state index contributed by atoms with van der Waals surface area (Å²) in [4.78, 5) is 23.7. The predicted octanol–water partition coefficient (Wildman–Crippen LogP) is 2.79. The van der Waals surface area contributed by atoms with Crippen molar-refractivity contribution in [2.75, 3.05) is 7.11 Å². The molecule has 0 saturated carbocycles. The van der Waals surface area contributed by atoms with Crippen molar-refractivity contribution in [1.82, 2.24) is 9.13 Å². The van der Waals surface area contributed by atoms with Crippen LogP contribution in [0.2, 0.25) is 0 Å². The number of esters is 1. The van der Waals surface area contributed by atoms with Crippen LogP contribution in [0.4, 0.5) is 0 Å². The summed E-state index contributed by atoms with van der Waals surface area (Å²) in [6.07, 6.45) is 1.90. The number of hydrogen-bond acceptors (Lipinski definition) is 4. The number of hydrogen-bond donors (Lipinski definition) is 2. The van der Waals surface area contributed by atoms with Gasteiger partial charge in [-0.1, -0.05) is 48.5 Å². The van der Waals surface area contributed by atoms with E-state index in [0.29, 0.717) is 5.56 Å². The first-order valence-corrected chi connectivity index (χ1v) is 8.79. The van der Waals surface area contributed by atoms with Gasteiger partial charge in [0.05, 0.1) is 19.2 Å². The first-order valence-electron chi connectivity index (χ1n) is 8.79. The number of imidazole rings is 1. The highest BCUT2D eigenvalue weighted by Crippen LogP contribution is 2.24. The highest BCUT2D eigenvalue weighted by atomic mass is 35.5. The summed E-state index contributed by atoms with van der Waals surface area (Å²) in [6, 6.07) is 15.3. The Morgan fingerprint density at radius 1 is 1.03 bits per heavy atom. The molecular weight excluding hydrogens is 392 g/mol. The molecule has 3 aromatic rings. The second kappa shape index (κ2) is 9.25. The summed E-state index contributed by atoms with van der Waals surface area (Å²) in [6.45, 7) is 0.278. The second-order valence-corrected chi connectivity index (χ2v) is 6.44. The molecule has 8 heteroatoms. The number of aryl methyl sites for hydroxylation is 1. The van der Waals surface area contributed by atoms with Gasteiger partial charge in [-0.15, -0.1) is 12.4 Å². The van der Waals surface area contributed by atoms with Gasteiger partial charge in [-0.2, -0.15) is 0 Å². The molecule has 2 aromatic carbocycles. The van der Waals surface area contributed by atoms with Crippen LogP contribution in [0.3, 0.4) is 0 Å². The maximum absolute atomic E-state index is 12.4. The van der Waals surface area contributed by atoms with Gasteiger partial charge in [0, 0.05) is 25.4 Å². The molecule has 0 aliphatic rings. The molecule has 7 nitrogen and oxygen atoms in total. The molecule has 29 heavy (non-hydrogen) atoms. The van der Waals surface area contributed by atoms with E-state index in [4.69, 9.17) is 11.1 Å². The van der Waals surface area contributed by atoms with Gasteiger partial charge in [0.15, 0.2) is 0 Å². The molecule has 1 heterocycles. The highest BCUT2D eigenvalue weighted by Gasteiger charge is 2.12. The zero-order chi connectivity index (χ0) is 20.3. The minimum absolute atomic E-state index is 0. The minimum atomic E-state index is -0.350. The highest BCUT2D eigenvalue weighted by molar-refractivity contribution is 5.95. The number of nitrogen functional groups attached to an aromatic ring is 1. The average Bonchev–Trinajstić information content (AvgIpc) is 3.00. The summed E-state index contributed by atoms with van der Waals surface area (Å²) >= 11 is 0. The quantitative estimate of drug-likeness (QED) is 0.367. The van der Waals surface area contributed by atoms with Gasteiger partial charge in [0.25, 0.3) is 0 Å². The van der Waals surface area contributed by atoms with Crippen LogP contribution in [0.15, 0.2) is 59.5 Å². The normalized spacial score (nSPS) is 10.3. The van der Waals surface area contributed by atoms with E-state index >= 15 is 0 Å². The molecule has 0 aliphatic heterocycles. The molecule has 0 saturated heterocycles. The lowest BCUT2D eigenvalue weighted by Crippen LogP contribution is -2.23. The maximum atomic E-state index is 12.4. The number of rotatable bonds is 6. The van der Waals surface area contributed by atoms with Crippen LogP contribution in [0.1, 0.15) is 12.0 Å². The van der Waals surface area contributed by atoms with Crippen molar-refractivity contribution in [3.63, 3.8) is 0 Å². The fourth-order valence-electron chi connectivity index (χ4n) is 3.00. The first kappa shape index (κ1) is 22.0. The van der Waals surface area contributed by atoms with E-state index in [1.165, 1.54) is 11.7 Å². The van der Waals surface area contributed by atoms with E-state index in [-0.39, 0.29) is 42.9 Å². The maximum Gasteiger partial charge on any atom is 0.328 e. The lowest BCUT2D eigenvalue weighted by atomic mass is 10.0. The Kier molecular flexibility index (Phi) is 7.01. The zero-order valence-electron chi connectivity index (χ0n) is 16.2. The number of halogens is 1. The molecule has 0 radical (unpaired) electrons. The third kappa shape index (κ3) is 4.75. The third-order valence-electron chi connectivity index (χ3n) is 4.67. The van der Waals surface area contributed by atoms with E-state index in [2.05, 4.69) is 4.74 Å². The number of benzene rings is 2. The Balaban J connectivity index is 0.00000300. The lowest BCUT2D eigenvalue weighted by molar-refractivity contribution is -0.140. The number of aromatic nitrogens is 2. The van der Waals surface area contributed by atoms with E-state index in [1.807, 2.05) is 48.5 Å². The van der Waals surface area contributed by atoms with Gasteiger partial charge in [-0.05, 0) is 16.7 Å². The monoisotopic (exact) mass is 414 g/mol. The van der Waals surface area contributed by atoms with E-state index in [9.17, 15) is 9.59 Å². The fraction of sp³-hybridized carbons (Fsp3) is 0.190. The fourth-order valence-corrected chi connectivity index (χ4v) is 3.00. The number of nitrogens with one attached hydrogen (secondary N) is 1. The molecule has 0 fully saturated rings. The molecule has 0 unspecified atom stereocenters. The molecule has 3 N–H and O–H groups in total. The largest absolute Gasteiger partial charge is 0.469 e. The first-order chi connectivity index (χ1) is 13.4. The van der Waals surface area contributed by atoms with Crippen molar-refractivity contribution >= 4 is 24.2 Å². The number of nitrogens with zero attached hydrogens (tertiary/aromatic N) is 2. The van der Waals surface area contributed by atoms with E-state index < -0.39 is 0 Å². The Labute approximate surface area is 174 Å². The summed E-state index contributed by atoms with van der Waals surface area (Å²) in [5.41, 5.74) is 9.71. The summed E-state index contributed by atoms with van der Waals surface area (Å²) in [5, 5.41) is 7.46. The second-order valence-electron chi connectivity index (χ2n) is 6.44. The van der Waals surface area contributed by atoms with E-state index in [0.717, 1.165) is 22.4 Å². The number of nitrogens with two attached hydrogens (primary N) is 1. The topological polar surface area (TPSA) is 103 Å². The van der Waals surface area contributed by atoms with Crippen molar-refractivity contribution in [3.05, 3.63) is 70.8 Å². The van der Waals surface area contributed by atoms with Gasteiger partial charge in [0.1, 0.15) is 5.84 Å². The van der Waals surface area contributed by atoms with Crippen molar-refractivity contribution in [2.45, 2.75) is 13.0 Å². The molecule has 0 aliphatic carbocycles. The molecular formula is C21H23ClN4O3. The van der Waals surface area contributed by atoms with Crippen LogP contribution < -0.4 is 11.4 Å². The van der Waals surface area contributed by atoms with Crippen molar-refractivity contribution < 1.29 is 9.53 Å². The minimum Gasteiger partial charge on any atom is -0.469 e. The number of ether oxygens (including phenoxy) is 1. The van der Waals surface area contributed by atoms with Crippen LogP contribution in [0.25, 0.3) is 22.4 Å². The molecule has 0 atom stereocenters. The molecule has 152 valence electrons. The summed E-state index contributed by atoms with van der Waals surface area (Å²) in [5.74, 6) is -0.308. The molecule has 0 amide bonds. The number of methoxy groups -OCH3 is 1. The Morgan fingerprint density at radius 3 is 2.07 bits per heavy atom. The molecule has 1 aromatic heterocycles. The summed E-state index contributed by atoms with van der Waals surface area (Å²) < 4.78 is 7.71. The van der Waals surface area contributed by atoms with Crippen molar-refractivity contribution in [2.24, 2.45) is 12.8 Å². The standard InChI is InChI=1S/C21H22N4O3.ClH/c1-24-18(13-25(21(24)27)12-11-19(26)28-2)16-7-3-14(4-8-16)15-5-9-17(10-6-15)20(22)23;/h3-10,13H,11-12H2,1-2H3,(H3,22,23);1H. The van der Waals surface area contributed by atoms with Gasteiger partial charge >= 0.3 is 11.7 Å². The summed E-state index contributed by atoms with van der Waals surface area (Å²) in [7, 11) is 3.04. The van der Waals surface area contributed by atoms with Crippen molar-refractivity contribution in [1.29, 1.82) is 5.41 Å². The number of carbonyl (C=O) groups is 1. The van der Waals surface area contributed by atoms with Gasteiger partial charge in [0.2, 0.25) is 0 Å². The van der Waals surface area contributed by atoms with Crippen LogP contribution in [0.5, 0.6) is 0 Å². The predicted molar refractivity (Wildman–Crippen MR) is 115 cm³/mol. The Morgan fingerprint density at radius 2 is 1.55 bits per heavy atom. The third-order valence-corrected chi connectivity index (χ3v) is 4.67. The number of amidine groups is 1. The number of carbonyl (C=O) groups excluding carboxylic acids is 1. The SMILES string of the molecule is COC(=O)CCn1cc(-c2ccc(-c3ccc(C(=N)N)cc3)cc2)n(C)c1=O.Cl. The molecule has 0 bridgehead atoms. The Bertz CT molecular complexity index is 1070. The van der Waals surface area contributed by atoms with E-state index in [1.54, 1.807) is 17.8 Å². The van der Waals surface area contributed by atoms with Gasteiger partial charge in [-0.25, -0.2) is 4.79 Å². The van der Waals surface area contributed by atoms with Gasteiger partial charge < -0.3 is 10.5 Å². The van der Waals surface area contributed by atoms with Crippen molar-refractivity contribution in [3.8, 4) is 22.4 Å². The molecule has 3 rings (SSSR count). The Hall–Kier alpha value is -3.32. The average molecular weight is 415 g/mol. The van der Waals surface area contributed by atoms with Crippen LogP contribution in [-0.2, 0) is 23.1 Å². The van der Waals surface area contributed by atoms with Gasteiger partial charge in [-0.3, -0.25) is 19.3 Å². The molecule has 0 spiro atoms. The van der Waals surface area contributed by atoms with Crippen LogP contribution in [0, 0.1) is 5.41 Å².